The average molecular weight is 486 g/mol. The van der Waals surface area contributed by atoms with Crippen LogP contribution in [0.1, 0.15) is 21.7 Å². The molecule has 0 fully saturated rings. The Morgan fingerprint density at radius 2 is 1.91 bits per heavy atom. The third kappa shape index (κ3) is 4.37. The van der Waals surface area contributed by atoms with Gasteiger partial charge in [0.25, 0.3) is 5.91 Å². The number of aromatic nitrogens is 1. The molecule has 1 amide bonds. The summed E-state index contributed by atoms with van der Waals surface area (Å²) in [6.45, 7) is 2.10. The lowest BCUT2D eigenvalue weighted by Gasteiger charge is -2.16. The van der Waals surface area contributed by atoms with Crippen molar-refractivity contribution in [1.82, 2.24) is 8.87 Å². The number of aryl methyl sites for hydroxylation is 2. The van der Waals surface area contributed by atoms with E-state index in [9.17, 15) is 13.2 Å². The quantitative estimate of drug-likeness (QED) is 0.415. The summed E-state index contributed by atoms with van der Waals surface area (Å²) in [5.41, 5.74) is 2.23. The monoisotopic (exact) mass is 485 g/mol. The number of hydrogen-bond acceptors (Lipinski definition) is 6. The molecule has 0 aliphatic heterocycles. The molecule has 0 radical (unpaired) electrons. The number of methoxy groups -OCH3 is 1. The number of hydrogen-bond donors (Lipinski definition) is 0. The Balaban J connectivity index is 1.62. The topological polar surface area (TPSA) is 94.1 Å². The highest BCUT2D eigenvalue weighted by molar-refractivity contribution is 7.89. The van der Waals surface area contributed by atoms with E-state index in [2.05, 4.69) is 4.99 Å². The van der Waals surface area contributed by atoms with Crippen LogP contribution in [0.3, 0.4) is 0 Å². The number of amides is 1. The molecule has 0 saturated carbocycles. The van der Waals surface area contributed by atoms with Crippen LogP contribution in [-0.2, 0) is 23.6 Å². The molecule has 0 bridgehead atoms. The van der Waals surface area contributed by atoms with E-state index in [1.165, 1.54) is 53.2 Å². The number of furan rings is 1. The number of carbonyl (C=O) groups is 1. The summed E-state index contributed by atoms with van der Waals surface area (Å²) in [6.07, 6.45) is 1.49. The van der Waals surface area contributed by atoms with Gasteiger partial charge in [-0.3, -0.25) is 4.79 Å². The van der Waals surface area contributed by atoms with Crippen LogP contribution in [0.25, 0.3) is 10.2 Å². The molecule has 0 aliphatic rings. The highest BCUT2D eigenvalue weighted by Gasteiger charge is 2.22. The van der Waals surface area contributed by atoms with E-state index in [-0.39, 0.29) is 11.4 Å². The minimum Gasteiger partial charge on any atom is -0.495 e. The number of nitrogens with zero attached hydrogens (tertiary/aromatic N) is 3. The first-order valence-electron chi connectivity index (χ1n) is 10.0. The van der Waals surface area contributed by atoms with Gasteiger partial charge in [-0.25, -0.2) is 8.42 Å². The van der Waals surface area contributed by atoms with Crippen LogP contribution in [-0.4, -0.2) is 37.4 Å². The van der Waals surface area contributed by atoms with Crippen LogP contribution < -0.4 is 9.54 Å². The molecule has 8 nitrogen and oxygen atoms in total. The number of rotatable bonds is 6. The number of benzene rings is 2. The number of carbonyl (C=O) groups excluding carboxylic acids is 1. The second-order valence-electron chi connectivity index (χ2n) is 7.49. The zero-order chi connectivity index (χ0) is 23.8. The Morgan fingerprint density at radius 3 is 2.55 bits per heavy atom. The number of thiazole rings is 1. The molecule has 0 spiro atoms. The molecule has 2 aromatic heterocycles. The largest absolute Gasteiger partial charge is 0.495 e. The van der Waals surface area contributed by atoms with Gasteiger partial charge in [-0.2, -0.15) is 9.30 Å². The fraction of sp³-hybridized carbons (Fsp3) is 0.217. The molecular weight excluding hydrogens is 462 g/mol. The van der Waals surface area contributed by atoms with Crippen molar-refractivity contribution in [2.75, 3.05) is 14.2 Å². The van der Waals surface area contributed by atoms with Gasteiger partial charge < -0.3 is 13.7 Å². The van der Waals surface area contributed by atoms with Gasteiger partial charge in [0.1, 0.15) is 17.0 Å². The van der Waals surface area contributed by atoms with Crippen molar-refractivity contribution in [2.45, 2.75) is 18.4 Å². The highest BCUT2D eigenvalue weighted by Crippen LogP contribution is 2.29. The lowest BCUT2D eigenvalue weighted by atomic mass is 10.2. The van der Waals surface area contributed by atoms with Crippen LogP contribution >= 0.6 is 11.3 Å². The van der Waals surface area contributed by atoms with Crippen LogP contribution in [0.5, 0.6) is 5.75 Å². The van der Waals surface area contributed by atoms with E-state index in [1.807, 2.05) is 30.7 Å². The Labute approximate surface area is 195 Å². The summed E-state index contributed by atoms with van der Waals surface area (Å²) in [7, 11) is 1.17. The molecule has 0 unspecified atom stereocenters. The number of fused-ring (bicyclic) bond motifs is 1. The molecule has 4 rings (SSSR count). The lowest BCUT2D eigenvalue weighted by molar-refractivity contribution is 0.0998. The summed E-state index contributed by atoms with van der Waals surface area (Å²) >= 11 is 1.40. The zero-order valence-electron chi connectivity index (χ0n) is 18.6. The summed E-state index contributed by atoms with van der Waals surface area (Å²) in [4.78, 5) is 17.7. The highest BCUT2D eigenvalue weighted by atomic mass is 32.2. The first kappa shape index (κ1) is 23.0. The standard InChI is InChI=1S/C23H23N3O5S2/c1-15-7-12-19(30-4)20-21(15)32-23(26(20)3)24-22(27)16-8-10-18(11-9-16)33(28,29)25(2)14-17-6-5-13-31-17/h5-13H,14H2,1-4H3. The Bertz CT molecular complexity index is 1480. The predicted octanol–water partition coefficient (Wildman–Crippen LogP) is 3.71. The van der Waals surface area contributed by atoms with Gasteiger partial charge in [0.2, 0.25) is 10.0 Å². The van der Waals surface area contributed by atoms with E-state index in [4.69, 9.17) is 9.15 Å². The van der Waals surface area contributed by atoms with E-state index in [0.29, 0.717) is 21.9 Å². The van der Waals surface area contributed by atoms with Crippen LogP contribution in [0.15, 0.2) is 69.1 Å². The molecule has 2 aromatic carbocycles. The molecule has 33 heavy (non-hydrogen) atoms. The smallest absolute Gasteiger partial charge is 0.279 e. The van der Waals surface area contributed by atoms with Crippen molar-refractivity contribution in [1.29, 1.82) is 0 Å². The summed E-state index contributed by atoms with van der Waals surface area (Å²) in [6, 6.07) is 13.0. The molecule has 4 aromatic rings. The minimum absolute atomic E-state index is 0.0842. The van der Waals surface area contributed by atoms with Crippen molar-refractivity contribution in [2.24, 2.45) is 12.0 Å². The van der Waals surface area contributed by atoms with Crippen molar-refractivity contribution in [3.8, 4) is 5.75 Å². The number of sulfonamides is 1. The summed E-state index contributed by atoms with van der Waals surface area (Å²) < 4.78 is 40.3. The number of ether oxygens (including phenoxy) is 1. The Morgan fingerprint density at radius 1 is 1.18 bits per heavy atom. The van der Waals surface area contributed by atoms with E-state index in [0.717, 1.165) is 15.8 Å². The normalized spacial score (nSPS) is 12.6. The molecule has 2 heterocycles. The molecule has 0 atom stereocenters. The zero-order valence-corrected chi connectivity index (χ0v) is 20.2. The molecule has 172 valence electrons. The van der Waals surface area contributed by atoms with Crippen LogP contribution in [0.4, 0.5) is 0 Å². The van der Waals surface area contributed by atoms with Crippen molar-refractivity contribution in [3.63, 3.8) is 0 Å². The van der Waals surface area contributed by atoms with Crippen molar-refractivity contribution in [3.05, 3.63) is 76.5 Å². The fourth-order valence-electron chi connectivity index (χ4n) is 3.43. The lowest BCUT2D eigenvalue weighted by Crippen LogP contribution is -2.26. The van der Waals surface area contributed by atoms with Crippen molar-refractivity contribution >= 4 is 37.5 Å². The van der Waals surface area contributed by atoms with Gasteiger partial charge in [0.05, 0.1) is 29.5 Å². The maximum absolute atomic E-state index is 12.8. The van der Waals surface area contributed by atoms with E-state index < -0.39 is 15.9 Å². The van der Waals surface area contributed by atoms with Crippen molar-refractivity contribution < 1.29 is 22.4 Å². The molecule has 0 aliphatic carbocycles. The SMILES string of the molecule is COc1ccc(C)c2sc(=NC(=O)c3ccc(S(=O)(=O)N(C)Cc4ccco4)cc3)n(C)c12. The Kier molecular flexibility index (Phi) is 6.24. The van der Waals surface area contributed by atoms with E-state index >= 15 is 0 Å². The van der Waals surface area contributed by atoms with Gasteiger partial charge in [-0.1, -0.05) is 17.4 Å². The van der Waals surface area contributed by atoms with Gasteiger partial charge in [0, 0.05) is 19.7 Å². The second kappa shape index (κ2) is 8.97. The van der Waals surface area contributed by atoms with Gasteiger partial charge in [0.15, 0.2) is 4.80 Å². The second-order valence-corrected chi connectivity index (χ2v) is 10.5. The fourth-order valence-corrected chi connectivity index (χ4v) is 5.67. The minimum atomic E-state index is -3.74. The average Bonchev–Trinajstić information content (AvgIpc) is 3.43. The molecule has 0 saturated heterocycles. The Hall–Kier alpha value is -3.21. The van der Waals surface area contributed by atoms with E-state index in [1.54, 1.807) is 19.2 Å². The van der Waals surface area contributed by atoms with Gasteiger partial charge in [-0.15, -0.1) is 0 Å². The summed E-state index contributed by atoms with van der Waals surface area (Å²) in [5, 5.41) is 0. The van der Waals surface area contributed by atoms with Crippen LogP contribution in [0.2, 0.25) is 0 Å². The molecule has 10 heteroatoms. The summed E-state index contributed by atoms with van der Waals surface area (Å²) in [5.74, 6) is 0.785. The molecule has 0 N–H and O–H groups in total. The maximum atomic E-state index is 12.8. The first-order chi connectivity index (χ1) is 15.7. The maximum Gasteiger partial charge on any atom is 0.279 e. The molecular formula is C23H23N3O5S2. The third-order valence-corrected chi connectivity index (χ3v) is 8.38. The van der Waals surface area contributed by atoms with Gasteiger partial charge in [-0.05, 0) is 55.0 Å². The first-order valence-corrected chi connectivity index (χ1v) is 12.3. The predicted molar refractivity (Wildman–Crippen MR) is 126 cm³/mol. The third-order valence-electron chi connectivity index (χ3n) is 5.29. The van der Waals surface area contributed by atoms with Crippen LogP contribution in [0, 0.1) is 6.92 Å². The van der Waals surface area contributed by atoms with Gasteiger partial charge >= 0.3 is 0 Å².